The van der Waals surface area contributed by atoms with Crippen molar-refractivity contribution in [1.29, 1.82) is 5.26 Å². The second kappa shape index (κ2) is 12.6. The lowest BCUT2D eigenvalue weighted by Crippen LogP contribution is -2.12. The highest BCUT2D eigenvalue weighted by Crippen LogP contribution is 2.32. The van der Waals surface area contributed by atoms with Crippen LogP contribution in [-0.4, -0.2) is 15.9 Å². The molecule has 4 nitrogen and oxygen atoms in total. The van der Waals surface area contributed by atoms with E-state index < -0.39 is 0 Å². The lowest BCUT2D eigenvalue weighted by molar-refractivity contribution is 0.569. The summed E-state index contributed by atoms with van der Waals surface area (Å²) in [5.74, 6) is 1.08. The van der Waals surface area contributed by atoms with Crippen molar-refractivity contribution in [3.8, 4) is 6.07 Å². The molecule has 4 rings (SSSR count). The first-order chi connectivity index (χ1) is 17.6. The molecule has 4 heteroatoms. The van der Waals surface area contributed by atoms with Gasteiger partial charge in [-0.25, -0.2) is 4.98 Å². The summed E-state index contributed by atoms with van der Waals surface area (Å²) in [4.78, 5) is 4.87. The van der Waals surface area contributed by atoms with Crippen LogP contribution in [0.4, 0.5) is 5.82 Å². The lowest BCUT2D eigenvalue weighted by Gasteiger charge is -2.19. The Balaban J connectivity index is 1.59. The third-order valence-electron chi connectivity index (χ3n) is 7.31. The maximum Gasteiger partial charge on any atom is 0.157 e. The molecule has 2 aromatic heterocycles. The molecule has 2 aromatic carbocycles. The van der Waals surface area contributed by atoms with Crippen LogP contribution in [0.15, 0.2) is 48.5 Å². The lowest BCUT2D eigenvalue weighted by atomic mass is 9.97. The fraction of sp³-hybridized carbons (Fsp3) is 0.438. The molecule has 0 amide bonds. The zero-order valence-corrected chi connectivity index (χ0v) is 22.2. The maximum atomic E-state index is 10.1. The Kier molecular flexibility index (Phi) is 9.01. The summed E-state index contributed by atoms with van der Waals surface area (Å²) in [5.41, 5.74) is 8.10. The van der Waals surface area contributed by atoms with Gasteiger partial charge in [0.15, 0.2) is 5.65 Å². The quantitative estimate of drug-likeness (QED) is 0.195. The van der Waals surface area contributed by atoms with Crippen LogP contribution in [-0.2, 0) is 6.42 Å². The van der Waals surface area contributed by atoms with Crippen molar-refractivity contribution in [2.45, 2.75) is 85.0 Å². The van der Waals surface area contributed by atoms with E-state index in [4.69, 9.17) is 4.98 Å². The van der Waals surface area contributed by atoms with Crippen LogP contribution >= 0.6 is 0 Å². The number of nitriles is 1. The number of nitrogens with zero attached hydrogens (tertiary/aromatic N) is 3. The third kappa shape index (κ3) is 5.90. The smallest absolute Gasteiger partial charge is 0.157 e. The molecule has 0 fully saturated rings. The van der Waals surface area contributed by atoms with E-state index in [1.54, 1.807) is 0 Å². The van der Waals surface area contributed by atoms with Crippen LogP contribution in [0.25, 0.3) is 16.7 Å². The average molecular weight is 481 g/mol. The third-order valence-corrected chi connectivity index (χ3v) is 7.31. The summed E-state index contributed by atoms with van der Waals surface area (Å²) in [6, 6.07) is 19.4. The Morgan fingerprint density at radius 2 is 1.53 bits per heavy atom. The predicted molar refractivity (Wildman–Crippen MR) is 152 cm³/mol. The van der Waals surface area contributed by atoms with E-state index in [2.05, 4.69) is 66.9 Å². The molecule has 0 saturated heterocycles. The van der Waals surface area contributed by atoms with Gasteiger partial charge in [0.25, 0.3) is 0 Å². The zero-order chi connectivity index (χ0) is 25.3. The molecule has 1 N–H and O–H groups in total. The number of nitrogens with one attached hydrogen (secondary N) is 1. The highest BCUT2D eigenvalue weighted by molar-refractivity contribution is 5.86. The van der Waals surface area contributed by atoms with Gasteiger partial charge in [-0.2, -0.15) is 5.26 Å². The van der Waals surface area contributed by atoms with Gasteiger partial charge >= 0.3 is 0 Å². The highest BCUT2D eigenvalue weighted by atomic mass is 15.1. The van der Waals surface area contributed by atoms with E-state index in [0.717, 1.165) is 47.4 Å². The number of imidazole rings is 1. The van der Waals surface area contributed by atoms with Gasteiger partial charge in [-0.3, -0.25) is 4.40 Å². The number of hydrogen-bond donors (Lipinski definition) is 1. The molecule has 0 bridgehead atoms. The summed E-state index contributed by atoms with van der Waals surface area (Å²) >= 11 is 0. The first kappa shape index (κ1) is 25.8. The summed E-state index contributed by atoms with van der Waals surface area (Å²) in [6.45, 7) is 7.38. The number of aromatic nitrogens is 2. The molecule has 0 aliphatic carbocycles. The normalized spacial score (nSPS) is 11.3. The Hall–Kier alpha value is -3.32. The number of para-hydroxylation sites is 2. The molecular weight excluding hydrogens is 440 g/mol. The van der Waals surface area contributed by atoms with Crippen molar-refractivity contribution >= 4 is 22.5 Å². The topological polar surface area (TPSA) is 53.1 Å². The first-order valence-corrected chi connectivity index (χ1v) is 13.8. The van der Waals surface area contributed by atoms with Crippen molar-refractivity contribution in [1.82, 2.24) is 9.38 Å². The van der Waals surface area contributed by atoms with E-state index >= 15 is 0 Å². The van der Waals surface area contributed by atoms with Crippen molar-refractivity contribution in [3.05, 3.63) is 76.3 Å². The number of fused-ring (bicyclic) bond motifs is 3. The number of aryl methyl sites for hydroxylation is 1. The Bertz CT molecular complexity index is 1320. The van der Waals surface area contributed by atoms with Crippen molar-refractivity contribution in [2.75, 3.05) is 11.9 Å². The van der Waals surface area contributed by atoms with Gasteiger partial charge in [0.05, 0.1) is 16.6 Å². The first-order valence-electron chi connectivity index (χ1n) is 13.8. The molecule has 0 spiro atoms. The fourth-order valence-electron chi connectivity index (χ4n) is 5.14. The molecule has 0 unspecified atom stereocenters. The molecule has 188 valence electrons. The van der Waals surface area contributed by atoms with Gasteiger partial charge < -0.3 is 5.32 Å². The van der Waals surface area contributed by atoms with Crippen LogP contribution in [0.5, 0.6) is 0 Å². The molecule has 36 heavy (non-hydrogen) atoms. The van der Waals surface area contributed by atoms with Crippen LogP contribution in [0, 0.1) is 25.2 Å². The number of anilines is 1. The second-order valence-electron chi connectivity index (χ2n) is 10.1. The largest absolute Gasteiger partial charge is 0.371 e. The number of rotatable bonds is 13. The number of benzene rings is 2. The van der Waals surface area contributed by atoms with Crippen molar-refractivity contribution in [3.63, 3.8) is 0 Å². The summed E-state index contributed by atoms with van der Waals surface area (Å²) in [6.07, 6.45) is 12.6. The van der Waals surface area contributed by atoms with E-state index in [9.17, 15) is 5.26 Å². The predicted octanol–water partition coefficient (Wildman–Crippen LogP) is 8.51. The van der Waals surface area contributed by atoms with E-state index in [-0.39, 0.29) is 0 Å². The van der Waals surface area contributed by atoms with Gasteiger partial charge in [-0.15, -0.1) is 0 Å². The van der Waals surface area contributed by atoms with Crippen LogP contribution in [0.3, 0.4) is 0 Å². The molecular formula is C32H40N4. The van der Waals surface area contributed by atoms with Crippen molar-refractivity contribution in [2.24, 2.45) is 0 Å². The number of unbranched alkanes of at least 4 members (excludes halogenated alkanes) is 8. The molecule has 4 aromatic rings. The van der Waals surface area contributed by atoms with Crippen LogP contribution in [0.2, 0.25) is 0 Å². The van der Waals surface area contributed by atoms with Gasteiger partial charge in [0.2, 0.25) is 0 Å². The van der Waals surface area contributed by atoms with Gasteiger partial charge in [-0.05, 0) is 43.5 Å². The van der Waals surface area contributed by atoms with Crippen LogP contribution in [0.1, 0.15) is 92.5 Å². The molecule has 0 aliphatic rings. The van der Waals surface area contributed by atoms with Gasteiger partial charge in [0.1, 0.15) is 11.9 Å². The fourth-order valence-corrected chi connectivity index (χ4v) is 5.14. The molecule has 0 atom stereocenters. The minimum atomic E-state index is 0.668. The molecule has 2 heterocycles. The standard InChI is InChI=1S/C32H40N4/c1-4-5-6-7-8-9-10-11-14-21-34-31-27(22-26-19-17-24(2)18-20-26)25(3)28(23-33)32-35-29-15-12-13-16-30(29)36(31)32/h12-13,15-20,34H,4-11,14,21-22H2,1-3H3. The summed E-state index contributed by atoms with van der Waals surface area (Å²) in [7, 11) is 0. The Morgan fingerprint density at radius 3 is 2.22 bits per heavy atom. The van der Waals surface area contributed by atoms with Gasteiger partial charge in [0, 0.05) is 18.5 Å². The molecule has 0 radical (unpaired) electrons. The monoisotopic (exact) mass is 480 g/mol. The van der Waals surface area contributed by atoms with E-state index in [1.807, 2.05) is 18.2 Å². The van der Waals surface area contributed by atoms with Crippen LogP contribution < -0.4 is 5.32 Å². The summed E-state index contributed by atoms with van der Waals surface area (Å²) < 4.78 is 2.18. The van der Waals surface area contributed by atoms with Gasteiger partial charge in [-0.1, -0.05) is 100 Å². The average Bonchev–Trinajstić information content (AvgIpc) is 3.27. The minimum Gasteiger partial charge on any atom is -0.371 e. The molecule has 0 saturated carbocycles. The zero-order valence-electron chi connectivity index (χ0n) is 22.2. The maximum absolute atomic E-state index is 10.1. The second-order valence-corrected chi connectivity index (χ2v) is 10.1. The minimum absolute atomic E-state index is 0.668. The number of pyridine rings is 1. The van der Waals surface area contributed by atoms with E-state index in [1.165, 1.54) is 68.1 Å². The Morgan fingerprint density at radius 1 is 0.861 bits per heavy atom. The van der Waals surface area contributed by atoms with E-state index in [0.29, 0.717) is 5.56 Å². The number of hydrogen-bond acceptors (Lipinski definition) is 3. The molecule has 0 aliphatic heterocycles. The SMILES string of the molecule is CCCCCCCCCCCNc1c(Cc2ccc(C)cc2)c(C)c(C#N)c2nc3ccccc3n12. The summed E-state index contributed by atoms with van der Waals surface area (Å²) in [5, 5.41) is 13.9. The highest BCUT2D eigenvalue weighted by Gasteiger charge is 2.20. The van der Waals surface area contributed by atoms with Crippen molar-refractivity contribution < 1.29 is 0 Å². The Labute approximate surface area is 216 Å².